The zero-order valence-electron chi connectivity index (χ0n) is 12.1. The third-order valence-electron chi connectivity index (χ3n) is 3.74. The van der Waals surface area contributed by atoms with Crippen LogP contribution in [0.3, 0.4) is 0 Å². The summed E-state index contributed by atoms with van der Waals surface area (Å²) in [6, 6.07) is -0.269. The van der Waals surface area contributed by atoms with Gasteiger partial charge in [0.1, 0.15) is 0 Å². The van der Waals surface area contributed by atoms with E-state index >= 15 is 0 Å². The lowest BCUT2D eigenvalue weighted by molar-refractivity contribution is -0.147. The number of hydrogen-bond acceptors (Lipinski definition) is 3. The molecule has 6 nitrogen and oxygen atoms in total. The Kier molecular flexibility index (Phi) is 5.17. The first-order valence-corrected chi connectivity index (χ1v) is 6.58. The number of nitrogens with one attached hydrogen (secondary N) is 1. The molecule has 2 N–H and O–H groups in total. The van der Waals surface area contributed by atoms with Gasteiger partial charge in [0.05, 0.1) is 18.1 Å². The van der Waals surface area contributed by atoms with Crippen LogP contribution < -0.4 is 5.32 Å². The number of likely N-dealkylation sites (tertiary alicyclic amines) is 1. The van der Waals surface area contributed by atoms with E-state index in [-0.39, 0.29) is 24.5 Å². The van der Waals surface area contributed by atoms with Gasteiger partial charge in [-0.25, -0.2) is 4.79 Å². The number of carboxylic acid groups (broad SMARTS) is 1. The van der Waals surface area contributed by atoms with E-state index in [0.29, 0.717) is 19.6 Å². The van der Waals surface area contributed by atoms with Gasteiger partial charge in [0.15, 0.2) is 0 Å². The van der Waals surface area contributed by atoms with E-state index in [2.05, 4.69) is 5.32 Å². The summed E-state index contributed by atoms with van der Waals surface area (Å²) < 4.78 is 5.08. The highest BCUT2D eigenvalue weighted by Gasteiger charge is 2.42. The molecule has 0 bridgehead atoms. The molecule has 1 rings (SSSR count). The van der Waals surface area contributed by atoms with Gasteiger partial charge in [-0.2, -0.15) is 0 Å². The third-order valence-corrected chi connectivity index (χ3v) is 3.74. The lowest BCUT2D eigenvalue weighted by Gasteiger charge is -2.26. The lowest BCUT2D eigenvalue weighted by Crippen LogP contribution is -2.48. The predicted molar refractivity (Wildman–Crippen MR) is 71.0 cm³/mol. The Morgan fingerprint density at radius 2 is 2.11 bits per heavy atom. The second-order valence-electron chi connectivity index (χ2n) is 5.79. The highest BCUT2D eigenvalue weighted by Crippen LogP contribution is 2.30. The molecule has 0 aliphatic carbocycles. The number of hydrogen-bond donors (Lipinski definition) is 2. The van der Waals surface area contributed by atoms with Crippen LogP contribution in [0.15, 0.2) is 0 Å². The van der Waals surface area contributed by atoms with Crippen molar-refractivity contribution in [2.75, 3.05) is 26.8 Å². The van der Waals surface area contributed by atoms with Crippen LogP contribution in [0.2, 0.25) is 0 Å². The van der Waals surface area contributed by atoms with Gasteiger partial charge < -0.3 is 20.1 Å². The molecule has 0 radical (unpaired) electrons. The average Bonchev–Trinajstić information content (AvgIpc) is 2.72. The smallest absolute Gasteiger partial charge is 0.317 e. The molecule has 0 aromatic carbocycles. The molecule has 2 atom stereocenters. The Balaban J connectivity index is 2.58. The summed E-state index contributed by atoms with van der Waals surface area (Å²) in [4.78, 5) is 24.8. The van der Waals surface area contributed by atoms with Crippen molar-refractivity contribution < 1.29 is 19.4 Å². The Labute approximate surface area is 114 Å². The number of aliphatic carboxylic acids is 1. The van der Waals surface area contributed by atoms with Gasteiger partial charge in [0.2, 0.25) is 0 Å². The molecule has 1 fully saturated rings. The minimum atomic E-state index is -0.847. The maximum Gasteiger partial charge on any atom is 0.317 e. The largest absolute Gasteiger partial charge is 0.481 e. The molecule has 1 aliphatic heterocycles. The van der Waals surface area contributed by atoms with Gasteiger partial charge in [-0.1, -0.05) is 13.8 Å². The molecular weight excluding hydrogens is 248 g/mol. The minimum Gasteiger partial charge on any atom is -0.481 e. The maximum atomic E-state index is 12.1. The average molecular weight is 272 g/mol. The van der Waals surface area contributed by atoms with Crippen molar-refractivity contribution in [2.24, 2.45) is 11.3 Å². The summed E-state index contributed by atoms with van der Waals surface area (Å²) in [7, 11) is 1.60. The molecule has 0 spiro atoms. The van der Waals surface area contributed by atoms with Gasteiger partial charge in [0, 0.05) is 20.2 Å². The lowest BCUT2D eigenvalue weighted by atomic mass is 9.90. The molecule has 6 heteroatoms. The Morgan fingerprint density at radius 1 is 1.47 bits per heavy atom. The molecule has 2 amide bonds. The highest BCUT2D eigenvalue weighted by atomic mass is 16.5. The van der Waals surface area contributed by atoms with Crippen LogP contribution in [-0.4, -0.2) is 54.9 Å². The Hall–Kier alpha value is -1.30. The van der Waals surface area contributed by atoms with Crippen LogP contribution in [0, 0.1) is 11.3 Å². The number of carbonyl (C=O) groups is 2. The second-order valence-corrected chi connectivity index (χ2v) is 5.79. The normalized spacial score (nSPS) is 24.6. The first kappa shape index (κ1) is 15.8. The number of urea groups is 1. The molecule has 0 aromatic heterocycles. The number of ether oxygens (including phenoxy) is 1. The fourth-order valence-corrected chi connectivity index (χ4v) is 2.14. The predicted octanol–water partition coefficient (Wildman–Crippen LogP) is 1.16. The number of carbonyl (C=O) groups excluding carboxylic acids is 1. The van der Waals surface area contributed by atoms with Crippen LogP contribution in [-0.2, 0) is 9.53 Å². The van der Waals surface area contributed by atoms with Crippen molar-refractivity contribution in [1.82, 2.24) is 10.2 Å². The summed E-state index contributed by atoms with van der Waals surface area (Å²) >= 11 is 0. The summed E-state index contributed by atoms with van der Waals surface area (Å²) in [6.07, 6.45) is 0.492. The van der Waals surface area contributed by atoms with Crippen molar-refractivity contribution in [2.45, 2.75) is 33.2 Å². The van der Waals surface area contributed by atoms with Crippen molar-refractivity contribution in [3.63, 3.8) is 0 Å². The highest BCUT2D eigenvalue weighted by molar-refractivity contribution is 5.79. The second kappa shape index (κ2) is 6.23. The summed E-state index contributed by atoms with van der Waals surface area (Å²) in [5.74, 6) is -0.586. The molecule has 19 heavy (non-hydrogen) atoms. The van der Waals surface area contributed by atoms with Crippen LogP contribution in [0.5, 0.6) is 0 Å². The van der Waals surface area contributed by atoms with Crippen molar-refractivity contribution in [3.05, 3.63) is 0 Å². The Bertz CT molecular complexity index is 346. The van der Waals surface area contributed by atoms with E-state index < -0.39 is 11.4 Å². The quantitative estimate of drug-likeness (QED) is 0.787. The molecule has 1 heterocycles. The third kappa shape index (κ3) is 3.83. The number of nitrogens with zero attached hydrogens (tertiary/aromatic N) is 1. The van der Waals surface area contributed by atoms with Crippen molar-refractivity contribution in [3.8, 4) is 0 Å². The van der Waals surface area contributed by atoms with Crippen molar-refractivity contribution >= 4 is 12.0 Å². The van der Waals surface area contributed by atoms with Crippen LogP contribution >= 0.6 is 0 Å². The van der Waals surface area contributed by atoms with Gasteiger partial charge in [-0.15, -0.1) is 0 Å². The van der Waals surface area contributed by atoms with Crippen LogP contribution in [0.4, 0.5) is 4.79 Å². The van der Waals surface area contributed by atoms with E-state index in [1.165, 1.54) is 0 Å². The monoisotopic (exact) mass is 272 g/mol. The maximum absolute atomic E-state index is 12.1. The SMILES string of the molecule is COCC(NC(=O)N1CCC(C)(C(=O)O)C1)C(C)C. The van der Waals surface area contributed by atoms with E-state index in [1.54, 1.807) is 18.9 Å². The van der Waals surface area contributed by atoms with Crippen LogP contribution in [0.1, 0.15) is 27.2 Å². The summed E-state index contributed by atoms with van der Waals surface area (Å²) in [5.41, 5.74) is -0.827. The summed E-state index contributed by atoms with van der Waals surface area (Å²) in [5, 5.41) is 12.1. The molecule has 1 saturated heterocycles. The topological polar surface area (TPSA) is 78.9 Å². The van der Waals surface area contributed by atoms with Crippen LogP contribution in [0.25, 0.3) is 0 Å². The molecule has 0 saturated carbocycles. The molecule has 2 unspecified atom stereocenters. The minimum absolute atomic E-state index is 0.0609. The summed E-state index contributed by atoms with van der Waals surface area (Å²) in [6.45, 7) is 6.88. The zero-order chi connectivity index (χ0) is 14.6. The Morgan fingerprint density at radius 3 is 2.53 bits per heavy atom. The standard InChI is InChI=1S/C13H24N2O4/c1-9(2)10(7-19-4)14-12(18)15-6-5-13(3,8-15)11(16)17/h9-10H,5-8H2,1-4H3,(H,14,18)(H,16,17). The molecular formula is C13H24N2O4. The van der Waals surface area contributed by atoms with E-state index in [9.17, 15) is 9.59 Å². The number of carboxylic acids is 1. The van der Waals surface area contributed by atoms with Gasteiger partial charge in [0.25, 0.3) is 0 Å². The number of methoxy groups -OCH3 is 1. The number of amides is 2. The molecule has 1 aliphatic rings. The van der Waals surface area contributed by atoms with Gasteiger partial charge in [-0.3, -0.25) is 4.79 Å². The molecule has 110 valence electrons. The fourth-order valence-electron chi connectivity index (χ4n) is 2.14. The van der Waals surface area contributed by atoms with Gasteiger partial charge in [-0.05, 0) is 19.3 Å². The molecule has 0 aromatic rings. The van der Waals surface area contributed by atoms with Gasteiger partial charge >= 0.3 is 12.0 Å². The first-order valence-electron chi connectivity index (χ1n) is 6.58. The number of rotatable bonds is 5. The fraction of sp³-hybridized carbons (Fsp3) is 0.846. The zero-order valence-corrected chi connectivity index (χ0v) is 12.1. The van der Waals surface area contributed by atoms with E-state index in [4.69, 9.17) is 9.84 Å². The first-order chi connectivity index (χ1) is 8.80. The van der Waals surface area contributed by atoms with Crippen molar-refractivity contribution in [1.29, 1.82) is 0 Å². The van der Waals surface area contributed by atoms with E-state index in [0.717, 1.165) is 0 Å². The van der Waals surface area contributed by atoms with E-state index in [1.807, 2.05) is 13.8 Å².